The van der Waals surface area contributed by atoms with Crippen molar-refractivity contribution in [2.75, 3.05) is 0 Å². The van der Waals surface area contributed by atoms with Crippen molar-refractivity contribution in [1.82, 2.24) is 9.97 Å². The molecular weight excluding hydrogens is 428 g/mol. The first-order chi connectivity index (χ1) is 17.1. The quantitative estimate of drug-likeness (QED) is 0.299. The lowest BCUT2D eigenvalue weighted by Gasteiger charge is -2.16. The summed E-state index contributed by atoms with van der Waals surface area (Å²) in [5.74, 6) is 0. The third-order valence-electron chi connectivity index (χ3n) is 6.54. The van der Waals surface area contributed by atoms with Crippen molar-refractivity contribution in [1.29, 1.82) is 0 Å². The molecule has 6 rings (SSSR count). The molecule has 6 aromatic rings. The number of fused-ring (bicyclic) bond motifs is 2. The van der Waals surface area contributed by atoms with Crippen LogP contribution in [0.3, 0.4) is 0 Å². The molecule has 0 aliphatic rings. The number of hydrogen-bond acceptors (Lipinski definition) is 2. The lowest BCUT2D eigenvalue weighted by atomic mass is 9.91. The van der Waals surface area contributed by atoms with E-state index in [9.17, 15) is 4.79 Å². The molecule has 3 heteroatoms. The first kappa shape index (κ1) is 21.1. The summed E-state index contributed by atoms with van der Waals surface area (Å²) in [6, 6.07) is 34.9. The summed E-state index contributed by atoms with van der Waals surface area (Å²) >= 11 is 0. The maximum absolute atomic E-state index is 13.7. The van der Waals surface area contributed by atoms with E-state index >= 15 is 0 Å². The van der Waals surface area contributed by atoms with Crippen molar-refractivity contribution >= 4 is 21.8 Å². The van der Waals surface area contributed by atoms with E-state index in [0.29, 0.717) is 11.3 Å². The van der Waals surface area contributed by atoms with Gasteiger partial charge in [-0.2, -0.15) is 0 Å². The second kappa shape index (κ2) is 8.37. The first-order valence-electron chi connectivity index (χ1n) is 11.8. The predicted molar refractivity (Wildman–Crippen MR) is 146 cm³/mol. The number of hydrogen-bond donors (Lipinski definition) is 1. The van der Waals surface area contributed by atoms with E-state index in [4.69, 9.17) is 4.98 Å². The summed E-state index contributed by atoms with van der Waals surface area (Å²) < 4.78 is 0. The van der Waals surface area contributed by atoms with Crippen LogP contribution < -0.4 is 5.56 Å². The number of rotatable bonds is 3. The van der Waals surface area contributed by atoms with Gasteiger partial charge in [0, 0.05) is 21.9 Å². The topological polar surface area (TPSA) is 45.8 Å². The lowest BCUT2D eigenvalue weighted by molar-refractivity contribution is 1.27. The Morgan fingerprint density at radius 3 is 1.97 bits per heavy atom. The number of aryl methyl sites for hydroxylation is 2. The van der Waals surface area contributed by atoms with Crippen LogP contribution in [0.4, 0.5) is 0 Å². The van der Waals surface area contributed by atoms with Crippen LogP contribution in [0.25, 0.3) is 55.3 Å². The maximum atomic E-state index is 13.7. The second-order valence-corrected chi connectivity index (χ2v) is 9.06. The summed E-state index contributed by atoms with van der Waals surface area (Å²) in [6.07, 6.45) is 0. The minimum atomic E-state index is -0.141. The van der Waals surface area contributed by atoms with Crippen molar-refractivity contribution in [2.45, 2.75) is 13.8 Å². The van der Waals surface area contributed by atoms with Crippen LogP contribution in [0.1, 0.15) is 11.1 Å². The zero-order chi connectivity index (χ0) is 23.9. The maximum Gasteiger partial charge on any atom is 0.258 e. The Balaban J connectivity index is 1.76. The highest BCUT2D eigenvalue weighted by molar-refractivity contribution is 6.04. The first-order valence-corrected chi connectivity index (χ1v) is 11.8. The molecule has 168 valence electrons. The van der Waals surface area contributed by atoms with Crippen molar-refractivity contribution < 1.29 is 0 Å². The molecule has 0 saturated heterocycles. The minimum absolute atomic E-state index is 0.141. The van der Waals surface area contributed by atoms with E-state index < -0.39 is 0 Å². The van der Waals surface area contributed by atoms with Crippen LogP contribution in [-0.4, -0.2) is 9.97 Å². The van der Waals surface area contributed by atoms with Crippen LogP contribution in [0.15, 0.2) is 108 Å². The van der Waals surface area contributed by atoms with E-state index in [1.54, 1.807) is 0 Å². The highest BCUT2D eigenvalue weighted by atomic mass is 16.1. The van der Waals surface area contributed by atoms with Gasteiger partial charge in [0.2, 0.25) is 0 Å². The molecule has 0 amide bonds. The van der Waals surface area contributed by atoms with Gasteiger partial charge < -0.3 is 4.98 Å². The highest BCUT2D eigenvalue weighted by Crippen LogP contribution is 2.38. The average Bonchev–Trinajstić information content (AvgIpc) is 2.88. The summed E-state index contributed by atoms with van der Waals surface area (Å²) in [4.78, 5) is 21.8. The van der Waals surface area contributed by atoms with Crippen molar-refractivity contribution in [3.63, 3.8) is 0 Å². The van der Waals surface area contributed by atoms with Gasteiger partial charge in [0.1, 0.15) is 0 Å². The third kappa shape index (κ3) is 3.71. The normalized spacial score (nSPS) is 11.3. The third-order valence-corrected chi connectivity index (χ3v) is 6.54. The fourth-order valence-corrected chi connectivity index (χ4v) is 4.88. The number of H-pyrrole nitrogens is 1. The van der Waals surface area contributed by atoms with Gasteiger partial charge in [0.05, 0.1) is 16.8 Å². The van der Waals surface area contributed by atoms with Crippen molar-refractivity contribution in [2.24, 2.45) is 0 Å². The summed E-state index contributed by atoms with van der Waals surface area (Å²) in [6.45, 7) is 4.16. The van der Waals surface area contributed by atoms with Gasteiger partial charge in [-0.05, 0) is 60.9 Å². The molecule has 0 aliphatic heterocycles. The van der Waals surface area contributed by atoms with Gasteiger partial charge in [0.25, 0.3) is 5.56 Å². The molecule has 0 radical (unpaired) electrons. The van der Waals surface area contributed by atoms with E-state index in [2.05, 4.69) is 67.4 Å². The van der Waals surface area contributed by atoms with Crippen LogP contribution in [-0.2, 0) is 0 Å². The van der Waals surface area contributed by atoms with Gasteiger partial charge in [-0.25, -0.2) is 4.98 Å². The van der Waals surface area contributed by atoms with Crippen LogP contribution in [0.5, 0.6) is 0 Å². The van der Waals surface area contributed by atoms with E-state index in [1.807, 2.05) is 54.6 Å². The Kier molecular flexibility index (Phi) is 5.04. The molecule has 0 aliphatic carbocycles. The zero-order valence-electron chi connectivity index (χ0n) is 19.7. The predicted octanol–water partition coefficient (Wildman–Crippen LogP) is 7.69. The van der Waals surface area contributed by atoms with Gasteiger partial charge >= 0.3 is 0 Å². The fraction of sp³-hybridized carbons (Fsp3) is 0.0625. The largest absolute Gasteiger partial charge is 0.321 e. The molecule has 2 heterocycles. The number of pyridine rings is 2. The van der Waals surface area contributed by atoms with Crippen molar-refractivity contribution in [3.05, 3.63) is 125 Å². The summed E-state index contributed by atoms with van der Waals surface area (Å²) in [5.41, 5.74) is 9.20. The molecule has 0 fully saturated rings. The Bertz CT molecular complexity index is 1770. The molecule has 0 saturated carbocycles. The van der Waals surface area contributed by atoms with E-state index in [0.717, 1.165) is 49.6 Å². The molecular formula is C32H24N2O. The summed E-state index contributed by atoms with van der Waals surface area (Å²) in [7, 11) is 0. The molecule has 0 atom stereocenters. The number of nitrogens with one attached hydrogen (secondary N) is 1. The van der Waals surface area contributed by atoms with Crippen LogP contribution >= 0.6 is 0 Å². The van der Waals surface area contributed by atoms with Gasteiger partial charge in [-0.1, -0.05) is 83.9 Å². The minimum Gasteiger partial charge on any atom is -0.321 e. The molecule has 1 N–H and O–H groups in total. The van der Waals surface area contributed by atoms with Crippen LogP contribution in [0, 0.1) is 13.8 Å². The monoisotopic (exact) mass is 452 g/mol. The van der Waals surface area contributed by atoms with Gasteiger partial charge in [-0.15, -0.1) is 0 Å². The molecule has 35 heavy (non-hydrogen) atoms. The average molecular weight is 453 g/mol. The van der Waals surface area contributed by atoms with Gasteiger partial charge in [-0.3, -0.25) is 4.79 Å². The lowest BCUT2D eigenvalue weighted by Crippen LogP contribution is -2.12. The van der Waals surface area contributed by atoms with E-state index in [1.165, 1.54) is 5.56 Å². The Morgan fingerprint density at radius 2 is 1.26 bits per heavy atom. The Hall–Kier alpha value is -4.50. The number of benzene rings is 4. The Morgan fingerprint density at radius 1 is 0.629 bits per heavy atom. The van der Waals surface area contributed by atoms with Gasteiger partial charge in [0.15, 0.2) is 0 Å². The molecule has 3 nitrogen and oxygen atoms in total. The molecule has 0 spiro atoms. The molecule has 4 aromatic carbocycles. The second-order valence-electron chi connectivity index (χ2n) is 9.06. The zero-order valence-corrected chi connectivity index (χ0v) is 19.7. The molecule has 0 unspecified atom stereocenters. The smallest absolute Gasteiger partial charge is 0.258 e. The number of aromatic amines is 1. The van der Waals surface area contributed by atoms with Crippen LogP contribution in [0.2, 0.25) is 0 Å². The SMILES string of the molecule is Cc1ccc2nc(-c3c(-c4ccccc4)c4cc(C)ccc4[nH]c3=O)cc(-c3ccccc3)c2c1. The standard InChI is InChI=1S/C32H24N2O/c1-20-13-15-27-25(17-20)24(22-9-5-3-6-10-22)19-29(33-27)31-30(23-11-7-4-8-12-23)26-18-21(2)14-16-28(26)34-32(31)35/h3-19H,1-2H3,(H,34,35). The summed E-state index contributed by atoms with van der Waals surface area (Å²) in [5, 5.41) is 2.09. The fourth-order valence-electron chi connectivity index (χ4n) is 4.88. The van der Waals surface area contributed by atoms with E-state index in [-0.39, 0.29) is 5.56 Å². The molecule has 2 aromatic heterocycles. The highest BCUT2D eigenvalue weighted by Gasteiger charge is 2.19. The number of aromatic nitrogens is 2. The Labute approximate surface area is 203 Å². The van der Waals surface area contributed by atoms with Crippen molar-refractivity contribution in [3.8, 4) is 33.5 Å². The molecule has 0 bridgehead atoms. The number of nitrogens with zero attached hydrogens (tertiary/aromatic N) is 1.